The van der Waals surface area contributed by atoms with Crippen molar-refractivity contribution in [1.29, 1.82) is 0 Å². The third kappa shape index (κ3) is 3.83. The van der Waals surface area contributed by atoms with Gasteiger partial charge in [0.2, 0.25) is 11.8 Å². The molecule has 1 heterocycles. The minimum absolute atomic E-state index is 0.0632. The van der Waals surface area contributed by atoms with E-state index in [2.05, 4.69) is 0 Å². The summed E-state index contributed by atoms with van der Waals surface area (Å²) in [5, 5.41) is 9.18. The average Bonchev–Trinajstić information content (AvgIpc) is 2.63. The van der Waals surface area contributed by atoms with Crippen LogP contribution in [0.2, 0.25) is 0 Å². The Morgan fingerprint density at radius 3 is 2.40 bits per heavy atom. The summed E-state index contributed by atoms with van der Waals surface area (Å²) in [6.45, 7) is 5.65. The first kappa shape index (κ1) is 19.0. The van der Waals surface area contributed by atoms with Crippen LogP contribution in [0.5, 0.6) is 0 Å². The fourth-order valence-corrected chi connectivity index (χ4v) is 3.02. The molecule has 1 N–H and O–H groups in total. The lowest BCUT2D eigenvalue weighted by Gasteiger charge is -2.39. The van der Waals surface area contributed by atoms with Gasteiger partial charge in [0, 0.05) is 25.9 Å². The van der Waals surface area contributed by atoms with E-state index in [1.165, 1.54) is 18.9 Å². The van der Waals surface area contributed by atoms with Crippen LogP contribution in [-0.4, -0.2) is 51.8 Å². The number of likely N-dealkylation sites (N-methyl/N-ethyl adjacent to an activating group) is 1. The number of hydrogen-bond donors (Lipinski definition) is 1. The van der Waals surface area contributed by atoms with Gasteiger partial charge in [-0.3, -0.25) is 9.59 Å². The number of aliphatic carboxylic acids is 1. The molecule has 6 nitrogen and oxygen atoms in total. The second kappa shape index (κ2) is 7.68. The predicted octanol–water partition coefficient (Wildman–Crippen LogP) is 1.92. The molecule has 3 atom stereocenters. The summed E-state index contributed by atoms with van der Waals surface area (Å²) in [4.78, 5) is 39.8. The molecule has 6 heteroatoms. The normalized spacial score (nSPS) is 18.9. The van der Waals surface area contributed by atoms with E-state index in [0.717, 1.165) is 11.1 Å². The van der Waals surface area contributed by atoms with E-state index in [1.54, 1.807) is 4.90 Å². The maximum absolute atomic E-state index is 12.9. The van der Waals surface area contributed by atoms with Crippen molar-refractivity contribution in [3.63, 3.8) is 0 Å². The smallest absolute Gasteiger partial charge is 0.326 e. The van der Waals surface area contributed by atoms with E-state index in [1.807, 2.05) is 38.1 Å². The van der Waals surface area contributed by atoms with Crippen LogP contribution in [-0.2, 0) is 27.3 Å². The van der Waals surface area contributed by atoms with Crippen molar-refractivity contribution in [1.82, 2.24) is 9.80 Å². The van der Waals surface area contributed by atoms with Crippen LogP contribution < -0.4 is 0 Å². The van der Waals surface area contributed by atoms with Gasteiger partial charge in [-0.15, -0.1) is 0 Å². The van der Waals surface area contributed by atoms with E-state index in [4.69, 9.17) is 0 Å². The van der Waals surface area contributed by atoms with Crippen LogP contribution in [0.3, 0.4) is 0 Å². The van der Waals surface area contributed by atoms with Crippen molar-refractivity contribution in [2.45, 2.75) is 52.2 Å². The van der Waals surface area contributed by atoms with Gasteiger partial charge >= 0.3 is 5.97 Å². The molecule has 0 bridgehead atoms. The number of carbonyl (C=O) groups excluding carboxylic acids is 2. The Bertz CT molecular complexity index is 673. The number of rotatable bonds is 5. The third-order valence-electron chi connectivity index (χ3n) is 5.14. The van der Waals surface area contributed by atoms with Crippen molar-refractivity contribution in [3.8, 4) is 0 Å². The second-order valence-electron chi connectivity index (χ2n) is 6.73. The molecule has 2 rings (SSSR count). The van der Waals surface area contributed by atoms with Gasteiger partial charge in [0.15, 0.2) is 0 Å². The molecule has 1 aliphatic rings. The van der Waals surface area contributed by atoms with Gasteiger partial charge < -0.3 is 14.9 Å². The summed E-state index contributed by atoms with van der Waals surface area (Å²) in [5.74, 6) is -1.64. The van der Waals surface area contributed by atoms with E-state index >= 15 is 0 Å². The molecule has 0 aliphatic carbocycles. The van der Waals surface area contributed by atoms with Gasteiger partial charge in [-0.25, -0.2) is 4.79 Å². The first-order valence-electron chi connectivity index (χ1n) is 8.64. The summed E-state index contributed by atoms with van der Waals surface area (Å²) in [7, 11) is 1.48. The molecule has 136 valence electrons. The lowest BCUT2D eigenvalue weighted by molar-refractivity contribution is -0.154. The van der Waals surface area contributed by atoms with Gasteiger partial charge in [0.1, 0.15) is 12.1 Å². The van der Waals surface area contributed by atoms with Crippen molar-refractivity contribution in [2.24, 2.45) is 5.92 Å². The maximum atomic E-state index is 12.9. The molecule has 0 saturated carbocycles. The molecule has 1 aromatic carbocycles. The zero-order valence-corrected chi connectivity index (χ0v) is 15.2. The summed E-state index contributed by atoms with van der Waals surface area (Å²) < 4.78 is 0. The van der Waals surface area contributed by atoms with E-state index in [0.29, 0.717) is 19.4 Å². The standard InChI is InChI=1S/C19H26N2O4/c1-5-12(2)17(22)21-11-15-9-7-6-8-14(15)10-16(21)18(23)20(4)13(3)19(24)25/h6-9,12-13,16H,5,10-11H2,1-4H3,(H,24,25). The molecule has 0 saturated heterocycles. The minimum Gasteiger partial charge on any atom is -0.480 e. The van der Waals surface area contributed by atoms with Crippen LogP contribution in [0.4, 0.5) is 0 Å². The highest BCUT2D eigenvalue weighted by atomic mass is 16.4. The highest BCUT2D eigenvalue weighted by Crippen LogP contribution is 2.26. The predicted molar refractivity (Wildman–Crippen MR) is 93.8 cm³/mol. The topological polar surface area (TPSA) is 77.9 Å². The Kier molecular flexibility index (Phi) is 5.82. The molecular formula is C19H26N2O4. The number of nitrogens with zero attached hydrogens (tertiary/aromatic N) is 2. The lowest BCUT2D eigenvalue weighted by atomic mass is 9.91. The SMILES string of the molecule is CCC(C)C(=O)N1Cc2ccccc2CC1C(=O)N(C)C(C)C(=O)O. The monoisotopic (exact) mass is 346 g/mol. The fraction of sp³-hybridized carbons (Fsp3) is 0.526. The van der Waals surface area contributed by atoms with Crippen LogP contribution in [0.25, 0.3) is 0 Å². The second-order valence-corrected chi connectivity index (χ2v) is 6.73. The quantitative estimate of drug-likeness (QED) is 0.883. The molecule has 0 radical (unpaired) electrons. The molecule has 25 heavy (non-hydrogen) atoms. The van der Waals surface area contributed by atoms with Gasteiger partial charge in [-0.05, 0) is 24.5 Å². The largest absolute Gasteiger partial charge is 0.480 e. The van der Waals surface area contributed by atoms with E-state index in [-0.39, 0.29) is 17.7 Å². The Hall–Kier alpha value is -2.37. The van der Waals surface area contributed by atoms with Crippen LogP contribution in [0.1, 0.15) is 38.3 Å². The number of fused-ring (bicyclic) bond motifs is 1. The van der Waals surface area contributed by atoms with Crippen LogP contribution >= 0.6 is 0 Å². The number of amides is 2. The number of carbonyl (C=O) groups is 3. The lowest BCUT2D eigenvalue weighted by Crippen LogP contribution is -2.56. The zero-order valence-electron chi connectivity index (χ0n) is 15.2. The summed E-state index contributed by atoms with van der Waals surface area (Å²) in [6.07, 6.45) is 1.10. The van der Waals surface area contributed by atoms with Crippen molar-refractivity contribution < 1.29 is 19.5 Å². The maximum Gasteiger partial charge on any atom is 0.326 e. The van der Waals surface area contributed by atoms with Crippen molar-refractivity contribution in [3.05, 3.63) is 35.4 Å². The molecule has 1 aliphatic heterocycles. The van der Waals surface area contributed by atoms with Gasteiger partial charge in [-0.1, -0.05) is 38.1 Å². The van der Waals surface area contributed by atoms with E-state index in [9.17, 15) is 19.5 Å². The number of benzene rings is 1. The first-order valence-corrected chi connectivity index (χ1v) is 8.64. The van der Waals surface area contributed by atoms with Crippen LogP contribution in [0.15, 0.2) is 24.3 Å². The molecule has 2 amide bonds. The molecular weight excluding hydrogens is 320 g/mol. The van der Waals surface area contributed by atoms with Gasteiger partial charge in [0.25, 0.3) is 0 Å². The first-order chi connectivity index (χ1) is 11.8. The Labute approximate surface area is 148 Å². The molecule has 3 unspecified atom stereocenters. The molecule has 1 aromatic rings. The summed E-state index contributed by atoms with van der Waals surface area (Å²) >= 11 is 0. The zero-order chi connectivity index (χ0) is 18.7. The average molecular weight is 346 g/mol. The number of carboxylic acid groups (broad SMARTS) is 1. The third-order valence-corrected chi connectivity index (χ3v) is 5.14. The summed E-state index contributed by atoms with van der Waals surface area (Å²) in [6, 6.07) is 6.16. The molecule has 0 aromatic heterocycles. The highest BCUT2D eigenvalue weighted by molar-refractivity contribution is 5.91. The van der Waals surface area contributed by atoms with Crippen LogP contribution in [0, 0.1) is 5.92 Å². The Morgan fingerprint density at radius 1 is 1.24 bits per heavy atom. The molecule has 0 fully saturated rings. The fourth-order valence-electron chi connectivity index (χ4n) is 3.02. The Morgan fingerprint density at radius 2 is 1.84 bits per heavy atom. The van der Waals surface area contributed by atoms with Gasteiger partial charge in [0.05, 0.1) is 0 Å². The van der Waals surface area contributed by atoms with Gasteiger partial charge in [-0.2, -0.15) is 0 Å². The van der Waals surface area contributed by atoms with Crippen molar-refractivity contribution >= 4 is 17.8 Å². The number of hydrogen-bond acceptors (Lipinski definition) is 3. The van der Waals surface area contributed by atoms with Crippen molar-refractivity contribution in [2.75, 3.05) is 7.05 Å². The highest BCUT2D eigenvalue weighted by Gasteiger charge is 2.38. The Balaban J connectivity index is 2.35. The van der Waals surface area contributed by atoms with E-state index < -0.39 is 18.1 Å². The summed E-state index contributed by atoms with van der Waals surface area (Å²) in [5.41, 5.74) is 2.07. The minimum atomic E-state index is -1.06. The number of carboxylic acids is 1. The molecule has 0 spiro atoms.